The van der Waals surface area contributed by atoms with Gasteiger partial charge in [-0.05, 0) is 30.0 Å². The van der Waals surface area contributed by atoms with Crippen LogP contribution in [-0.4, -0.2) is 28.3 Å². The van der Waals surface area contributed by atoms with Crippen LogP contribution in [0.2, 0.25) is 5.02 Å². The van der Waals surface area contributed by atoms with Crippen LogP contribution in [0.15, 0.2) is 30.5 Å². The lowest BCUT2D eigenvalue weighted by molar-refractivity contribution is 0.682. The molecule has 0 aliphatic heterocycles. The van der Waals surface area contributed by atoms with Crippen LogP contribution in [0, 0.1) is 5.92 Å². The second-order valence-electron chi connectivity index (χ2n) is 5.24. The summed E-state index contributed by atoms with van der Waals surface area (Å²) in [7, 11) is 0. The van der Waals surface area contributed by atoms with E-state index in [9.17, 15) is 0 Å². The van der Waals surface area contributed by atoms with E-state index >= 15 is 0 Å². The fraction of sp³-hybridized carbons (Fsp3) is 0.400. The van der Waals surface area contributed by atoms with Crippen molar-refractivity contribution in [1.82, 2.24) is 15.2 Å². The van der Waals surface area contributed by atoms with E-state index in [1.165, 1.54) is 5.56 Å². The van der Waals surface area contributed by atoms with Gasteiger partial charge in [0.05, 0.1) is 6.20 Å². The van der Waals surface area contributed by atoms with Crippen molar-refractivity contribution in [2.24, 2.45) is 5.92 Å². The highest BCUT2D eigenvalue weighted by Crippen LogP contribution is 2.10. The number of halogens is 1. The number of rotatable bonds is 7. The second-order valence-corrected chi connectivity index (χ2v) is 5.68. The Morgan fingerprint density at radius 3 is 2.62 bits per heavy atom. The van der Waals surface area contributed by atoms with Gasteiger partial charge in [-0.15, -0.1) is 5.10 Å². The molecule has 0 fully saturated rings. The minimum atomic E-state index is 0.537. The quantitative estimate of drug-likeness (QED) is 0.822. The van der Waals surface area contributed by atoms with Crippen molar-refractivity contribution in [3.63, 3.8) is 0 Å². The number of hydrogen-bond acceptors (Lipinski definition) is 5. The number of nitrogens with zero attached hydrogens (tertiary/aromatic N) is 3. The Kier molecular flexibility index (Phi) is 5.75. The molecule has 0 radical (unpaired) electrons. The predicted octanol–water partition coefficient (Wildman–Crippen LogP) is 3.25. The fourth-order valence-corrected chi connectivity index (χ4v) is 1.87. The van der Waals surface area contributed by atoms with E-state index in [1.807, 2.05) is 24.3 Å². The molecule has 2 aromatic rings. The second kappa shape index (κ2) is 7.78. The van der Waals surface area contributed by atoms with Gasteiger partial charge in [-0.2, -0.15) is 10.1 Å². The van der Waals surface area contributed by atoms with E-state index in [4.69, 9.17) is 11.6 Å². The Labute approximate surface area is 130 Å². The summed E-state index contributed by atoms with van der Waals surface area (Å²) in [5, 5.41) is 15.1. The minimum absolute atomic E-state index is 0.537. The molecule has 0 aliphatic carbocycles. The molecule has 112 valence electrons. The Balaban J connectivity index is 1.82. The lowest BCUT2D eigenvalue weighted by atomic mass is 10.1. The smallest absolute Gasteiger partial charge is 0.244 e. The van der Waals surface area contributed by atoms with Crippen LogP contribution in [0.1, 0.15) is 19.4 Å². The normalized spacial score (nSPS) is 10.7. The van der Waals surface area contributed by atoms with E-state index in [-0.39, 0.29) is 0 Å². The Hall–Kier alpha value is -1.88. The van der Waals surface area contributed by atoms with Gasteiger partial charge in [0.25, 0.3) is 0 Å². The van der Waals surface area contributed by atoms with Gasteiger partial charge in [-0.25, -0.2) is 0 Å². The summed E-state index contributed by atoms with van der Waals surface area (Å²) >= 11 is 5.86. The zero-order chi connectivity index (χ0) is 15.1. The van der Waals surface area contributed by atoms with Gasteiger partial charge in [0.2, 0.25) is 5.95 Å². The molecule has 5 nitrogen and oxygen atoms in total. The molecule has 2 N–H and O–H groups in total. The first kappa shape index (κ1) is 15.5. The fourth-order valence-electron chi connectivity index (χ4n) is 1.75. The summed E-state index contributed by atoms with van der Waals surface area (Å²) in [6, 6.07) is 7.85. The van der Waals surface area contributed by atoms with Crippen molar-refractivity contribution in [2.75, 3.05) is 23.7 Å². The average Bonchev–Trinajstić information content (AvgIpc) is 2.48. The minimum Gasteiger partial charge on any atom is -0.368 e. The van der Waals surface area contributed by atoms with Crippen LogP contribution in [0.5, 0.6) is 0 Å². The molecule has 21 heavy (non-hydrogen) atoms. The molecular formula is C15H20ClN5. The van der Waals surface area contributed by atoms with Gasteiger partial charge < -0.3 is 10.6 Å². The third-order valence-corrected chi connectivity index (χ3v) is 3.11. The van der Waals surface area contributed by atoms with E-state index < -0.39 is 0 Å². The van der Waals surface area contributed by atoms with Crippen molar-refractivity contribution in [3.05, 3.63) is 41.0 Å². The van der Waals surface area contributed by atoms with Crippen LogP contribution >= 0.6 is 11.6 Å². The summed E-state index contributed by atoms with van der Waals surface area (Å²) in [4.78, 5) is 4.37. The van der Waals surface area contributed by atoms with Crippen LogP contribution in [0.4, 0.5) is 11.8 Å². The largest absolute Gasteiger partial charge is 0.368 e. The van der Waals surface area contributed by atoms with Gasteiger partial charge in [-0.1, -0.05) is 37.6 Å². The van der Waals surface area contributed by atoms with Crippen molar-refractivity contribution in [2.45, 2.75) is 20.3 Å². The highest BCUT2D eigenvalue weighted by Gasteiger charge is 2.01. The molecule has 0 saturated heterocycles. The number of hydrogen-bond donors (Lipinski definition) is 2. The van der Waals surface area contributed by atoms with Crippen molar-refractivity contribution in [1.29, 1.82) is 0 Å². The third kappa shape index (κ3) is 5.55. The lowest BCUT2D eigenvalue weighted by Crippen LogP contribution is -2.13. The summed E-state index contributed by atoms with van der Waals surface area (Å²) in [5.74, 6) is 1.82. The first-order valence-electron chi connectivity index (χ1n) is 7.05. The van der Waals surface area contributed by atoms with Crippen molar-refractivity contribution < 1.29 is 0 Å². The molecule has 2 rings (SSSR count). The summed E-state index contributed by atoms with van der Waals surface area (Å²) in [6.07, 6.45) is 2.53. The van der Waals surface area contributed by atoms with Crippen LogP contribution in [0.3, 0.4) is 0 Å². The molecule has 0 spiro atoms. The predicted molar refractivity (Wildman–Crippen MR) is 86.8 cm³/mol. The van der Waals surface area contributed by atoms with Crippen LogP contribution in [-0.2, 0) is 6.42 Å². The summed E-state index contributed by atoms with van der Waals surface area (Å²) < 4.78 is 0. The molecule has 1 aromatic heterocycles. The standard InChI is InChI=1S/C15H20ClN5/c1-11(2)9-18-15-20-14(10-19-21-15)17-8-7-12-3-5-13(16)6-4-12/h3-6,10-11H,7-9H2,1-2H3,(H2,17,18,20,21). The molecule has 0 bridgehead atoms. The highest BCUT2D eigenvalue weighted by atomic mass is 35.5. The van der Waals surface area contributed by atoms with Gasteiger partial charge in [0.15, 0.2) is 5.82 Å². The number of aromatic nitrogens is 3. The van der Waals surface area contributed by atoms with E-state index in [0.29, 0.717) is 11.9 Å². The molecule has 1 heterocycles. The van der Waals surface area contributed by atoms with Crippen LogP contribution in [0.25, 0.3) is 0 Å². The molecule has 0 aliphatic rings. The molecule has 0 unspecified atom stereocenters. The maximum atomic E-state index is 5.86. The maximum Gasteiger partial charge on any atom is 0.244 e. The number of anilines is 2. The molecule has 0 atom stereocenters. The molecule has 0 amide bonds. The van der Waals surface area contributed by atoms with Crippen molar-refractivity contribution in [3.8, 4) is 0 Å². The van der Waals surface area contributed by atoms with Crippen molar-refractivity contribution >= 4 is 23.4 Å². The van der Waals surface area contributed by atoms with E-state index in [1.54, 1.807) is 6.20 Å². The SMILES string of the molecule is CC(C)CNc1nncc(NCCc2ccc(Cl)cc2)n1. The Morgan fingerprint density at radius 1 is 1.14 bits per heavy atom. The molecular weight excluding hydrogens is 286 g/mol. The van der Waals surface area contributed by atoms with E-state index in [0.717, 1.165) is 30.4 Å². The van der Waals surface area contributed by atoms with Gasteiger partial charge in [0, 0.05) is 18.1 Å². The van der Waals surface area contributed by atoms with E-state index in [2.05, 4.69) is 39.7 Å². The topological polar surface area (TPSA) is 62.7 Å². The zero-order valence-corrected chi connectivity index (χ0v) is 13.1. The Morgan fingerprint density at radius 2 is 1.90 bits per heavy atom. The van der Waals surface area contributed by atoms with Crippen LogP contribution < -0.4 is 10.6 Å². The first-order valence-corrected chi connectivity index (χ1v) is 7.43. The molecule has 0 saturated carbocycles. The number of benzene rings is 1. The summed E-state index contributed by atoms with van der Waals surface area (Å²) in [5.41, 5.74) is 1.23. The molecule has 6 heteroatoms. The van der Waals surface area contributed by atoms with Gasteiger partial charge in [0.1, 0.15) is 0 Å². The monoisotopic (exact) mass is 305 g/mol. The third-order valence-electron chi connectivity index (χ3n) is 2.86. The Bertz CT molecular complexity index is 556. The first-order chi connectivity index (χ1) is 10.1. The lowest BCUT2D eigenvalue weighted by Gasteiger charge is -2.09. The van der Waals surface area contributed by atoms with Gasteiger partial charge in [-0.3, -0.25) is 0 Å². The number of nitrogens with one attached hydrogen (secondary N) is 2. The van der Waals surface area contributed by atoms with Gasteiger partial charge >= 0.3 is 0 Å². The molecule has 1 aromatic carbocycles. The maximum absolute atomic E-state index is 5.86. The highest BCUT2D eigenvalue weighted by molar-refractivity contribution is 6.30. The zero-order valence-electron chi connectivity index (χ0n) is 12.3. The summed E-state index contributed by atoms with van der Waals surface area (Å²) in [6.45, 7) is 5.88. The average molecular weight is 306 g/mol.